The number of hydrogen-bond donors (Lipinski definition) is 0. The van der Waals surface area contributed by atoms with E-state index in [0.717, 1.165) is 4.88 Å². The largest absolute Gasteiger partial charge is 0.333 e. The van der Waals surface area contributed by atoms with E-state index in [4.69, 9.17) is 9.78 Å². The van der Waals surface area contributed by atoms with Crippen molar-refractivity contribution in [3.05, 3.63) is 23.3 Å². The summed E-state index contributed by atoms with van der Waals surface area (Å²) in [7, 11) is 0. The van der Waals surface area contributed by atoms with Gasteiger partial charge in [0.1, 0.15) is 10.9 Å². The highest BCUT2D eigenvalue weighted by Gasteiger charge is 2.06. The molecule has 0 aliphatic heterocycles. The summed E-state index contributed by atoms with van der Waals surface area (Å²) in [4.78, 5) is 5.32. The van der Waals surface area contributed by atoms with Crippen molar-refractivity contribution in [1.82, 2.24) is 10.1 Å². The summed E-state index contributed by atoms with van der Waals surface area (Å²) in [6, 6.07) is 5.55. The molecule has 0 spiro atoms. The van der Waals surface area contributed by atoms with Crippen LogP contribution in [0.1, 0.15) is 4.88 Å². The second-order valence-corrected chi connectivity index (χ2v) is 3.11. The third kappa shape index (κ3) is 1.08. The van der Waals surface area contributed by atoms with Gasteiger partial charge in [-0.2, -0.15) is 10.2 Å². The fraction of sp³-hybridized carbons (Fsp3) is 0. The standard InChI is InChI=1S/C7H3N3OS/c8-3-5-1-2-6(12-5)7-9-4-10-11-7/h1-2,4H. The zero-order chi connectivity index (χ0) is 8.39. The summed E-state index contributed by atoms with van der Waals surface area (Å²) in [5.41, 5.74) is 0. The summed E-state index contributed by atoms with van der Waals surface area (Å²) in [5.74, 6) is 0.460. The molecule has 2 rings (SSSR count). The smallest absolute Gasteiger partial charge is 0.267 e. The molecular weight excluding hydrogens is 174 g/mol. The minimum Gasteiger partial charge on any atom is -0.333 e. The monoisotopic (exact) mass is 177 g/mol. The fourth-order valence-corrected chi connectivity index (χ4v) is 1.53. The molecule has 0 amide bonds. The second kappa shape index (κ2) is 2.75. The molecule has 0 unspecified atom stereocenters. The Morgan fingerprint density at radius 3 is 3.00 bits per heavy atom. The number of nitriles is 1. The molecule has 0 bridgehead atoms. The molecule has 0 N–H and O–H groups in total. The fourth-order valence-electron chi connectivity index (χ4n) is 0.795. The Hall–Kier alpha value is -1.67. The van der Waals surface area contributed by atoms with Gasteiger partial charge in [0.05, 0.1) is 4.88 Å². The van der Waals surface area contributed by atoms with Gasteiger partial charge in [-0.3, -0.25) is 0 Å². The lowest BCUT2D eigenvalue weighted by molar-refractivity contribution is 0.431. The number of hydrogen-bond acceptors (Lipinski definition) is 5. The Kier molecular flexibility index (Phi) is 1.61. The summed E-state index contributed by atoms with van der Waals surface area (Å²) in [5, 5.41) is 12.0. The van der Waals surface area contributed by atoms with Gasteiger partial charge >= 0.3 is 0 Å². The summed E-state index contributed by atoms with van der Waals surface area (Å²) in [6.07, 6.45) is 1.33. The van der Waals surface area contributed by atoms with Crippen LogP contribution in [0.25, 0.3) is 10.8 Å². The van der Waals surface area contributed by atoms with Crippen LogP contribution in [0.5, 0.6) is 0 Å². The van der Waals surface area contributed by atoms with E-state index >= 15 is 0 Å². The SMILES string of the molecule is N#Cc1ccc(-c2ncno2)s1. The van der Waals surface area contributed by atoms with Crippen LogP contribution in [0.3, 0.4) is 0 Å². The minimum absolute atomic E-state index is 0.460. The molecule has 0 aromatic carbocycles. The first-order chi connectivity index (χ1) is 5.90. The van der Waals surface area contributed by atoms with Crippen molar-refractivity contribution in [3.63, 3.8) is 0 Å². The minimum atomic E-state index is 0.460. The van der Waals surface area contributed by atoms with Gasteiger partial charge in [-0.15, -0.1) is 11.3 Å². The molecule has 5 heteroatoms. The molecule has 2 aromatic rings. The maximum Gasteiger partial charge on any atom is 0.267 e. The lowest BCUT2D eigenvalue weighted by atomic mass is 10.4. The first-order valence-corrected chi connectivity index (χ1v) is 3.99. The molecule has 0 saturated carbocycles. The van der Waals surface area contributed by atoms with Crippen molar-refractivity contribution in [2.45, 2.75) is 0 Å². The maximum absolute atomic E-state index is 8.54. The molecule has 0 radical (unpaired) electrons. The Labute approximate surface area is 72.1 Å². The maximum atomic E-state index is 8.54. The summed E-state index contributed by atoms with van der Waals surface area (Å²) < 4.78 is 4.82. The van der Waals surface area contributed by atoms with Gasteiger partial charge in [0.15, 0.2) is 6.33 Å². The lowest BCUT2D eigenvalue weighted by Gasteiger charge is -1.81. The van der Waals surface area contributed by atoms with Crippen LogP contribution in [0.4, 0.5) is 0 Å². The van der Waals surface area contributed by atoms with Crippen LogP contribution in [0, 0.1) is 11.3 Å². The van der Waals surface area contributed by atoms with Crippen molar-refractivity contribution in [3.8, 4) is 16.8 Å². The Morgan fingerprint density at radius 2 is 2.42 bits per heavy atom. The van der Waals surface area contributed by atoms with Crippen molar-refractivity contribution >= 4 is 11.3 Å². The molecule has 0 atom stereocenters. The highest BCUT2D eigenvalue weighted by molar-refractivity contribution is 7.15. The zero-order valence-corrected chi connectivity index (χ0v) is 6.71. The average Bonchev–Trinajstić information content (AvgIpc) is 2.75. The van der Waals surface area contributed by atoms with Gasteiger partial charge in [-0.05, 0) is 12.1 Å². The predicted molar refractivity (Wildman–Crippen MR) is 42.3 cm³/mol. The molecule has 12 heavy (non-hydrogen) atoms. The molecule has 0 aliphatic rings. The van der Waals surface area contributed by atoms with Crippen molar-refractivity contribution in [2.24, 2.45) is 0 Å². The summed E-state index contributed by atoms with van der Waals surface area (Å²) in [6.45, 7) is 0. The number of rotatable bonds is 1. The van der Waals surface area contributed by atoms with E-state index in [0.29, 0.717) is 10.8 Å². The topological polar surface area (TPSA) is 62.7 Å². The van der Waals surface area contributed by atoms with Crippen LogP contribution in [0.2, 0.25) is 0 Å². The third-order valence-corrected chi connectivity index (χ3v) is 2.27. The lowest BCUT2D eigenvalue weighted by Crippen LogP contribution is -1.66. The molecule has 58 valence electrons. The quantitative estimate of drug-likeness (QED) is 0.664. The molecule has 0 saturated heterocycles. The second-order valence-electron chi connectivity index (χ2n) is 2.02. The first kappa shape index (κ1) is 7.00. The van der Waals surface area contributed by atoms with Crippen LogP contribution in [-0.2, 0) is 0 Å². The van der Waals surface area contributed by atoms with E-state index in [-0.39, 0.29) is 0 Å². The van der Waals surface area contributed by atoms with E-state index in [1.807, 2.05) is 6.07 Å². The highest BCUT2D eigenvalue weighted by atomic mass is 32.1. The van der Waals surface area contributed by atoms with Crippen LogP contribution >= 0.6 is 11.3 Å². The average molecular weight is 177 g/mol. The van der Waals surface area contributed by atoms with Gasteiger partial charge in [0.25, 0.3) is 5.89 Å². The van der Waals surface area contributed by atoms with Crippen LogP contribution in [0.15, 0.2) is 23.0 Å². The molecule has 2 aromatic heterocycles. The normalized spacial score (nSPS) is 9.58. The van der Waals surface area contributed by atoms with E-state index < -0.39 is 0 Å². The predicted octanol–water partition coefficient (Wildman–Crippen LogP) is 1.67. The molecule has 4 nitrogen and oxygen atoms in total. The van der Waals surface area contributed by atoms with Crippen molar-refractivity contribution in [2.75, 3.05) is 0 Å². The van der Waals surface area contributed by atoms with Gasteiger partial charge in [0.2, 0.25) is 0 Å². The van der Waals surface area contributed by atoms with Crippen LogP contribution < -0.4 is 0 Å². The van der Waals surface area contributed by atoms with Gasteiger partial charge < -0.3 is 4.52 Å². The Balaban J connectivity index is 2.44. The number of nitrogens with zero attached hydrogens (tertiary/aromatic N) is 3. The Morgan fingerprint density at radius 1 is 1.50 bits per heavy atom. The zero-order valence-electron chi connectivity index (χ0n) is 5.89. The van der Waals surface area contributed by atoms with E-state index in [2.05, 4.69) is 10.1 Å². The third-order valence-electron chi connectivity index (χ3n) is 1.29. The van der Waals surface area contributed by atoms with Gasteiger partial charge in [-0.1, -0.05) is 5.16 Å². The van der Waals surface area contributed by atoms with E-state index in [1.165, 1.54) is 17.7 Å². The van der Waals surface area contributed by atoms with Crippen LogP contribution in [-0.4, -0.2) is 10.1 Å². The number of thiophene rings is 1. The highest BCUT2D eigenvalue weighted by Crippen LogP contribution is 2.25. The summed E-state index contributed by atoms with van der Waals surface area (Å²) >= 11 is 1.33. The molecule has 0 fully saturated rings. The molecule has 2 heterocycles. The van der Waals surface area contributed by atoms with E-state index in [1.54, 1.807) is 12.1 Å². The molecular formula is C7H3N3OS. The first-order valence-electron chi connectivity index (χ1n) is 3.17. The van der Waals surface area contributed by atoms with Crippen molar-refractivity contribution in [1.29, 1.82) is 5.26 Å². The van der Waals surface area contributed by atoms with Gasteiger partial charge in [-0.25, -0.2) is 0 Å². The van der Waals surface area contributed by atoms with Crippen molar-refractivity contribution < 1.29 is 4.52 Å². The van der Waals surface area contributed by atoms with E-state index in [9.17, 15) is 0 Å². The molecule has 0 aliphatic carbocycles. The van der Waals surface area contributed by atoms with Gasteiger partial charge in [0, 0.05) is 0 Å². The Bertz CT molecular complexity index is 412. The number of aromatic nitrogens is 2.